The molecule has 0 bridgehead atoms. The number of carbonyl (C=O) groups is 1. The highest BCUT2D eigenvalue weighted by molar-refractivity contribution is 5.92. The Balaban J connectivity index is 1.39. The molecule has 1 saturated heterocycles. The summed E-state index contributed by atoms with van der Waals surface area (Å²) in [5.41, 5.74) is 2.72. The van der Waals surface area contributed by atoms with Crippen LogP contribution in [0.3, 0.4) is 0 Å². The molecule has 1 aliphatic heterocycles. The Hall–Kier alpha value is -2.93. The van der Waals surface area contributed by atoms with E-state index in [4.69, 9.17) is 0 Å². The van der Waals surface area contributed by atoms with Gasteiger partial charge in [-0.05, 0) is 36.6 Å². The van der Waals surface area contributed by atoms with Gasteiger partial charge in [-0.2, -0.15) is 5.10 Å². The number of nitrogens with zero attached hydrogens (tertiary/aromatic N) is 4. The quantitative estimate of drug-likeness (QED) is 0.701. The van der Waals surface area contributed by atoms with Gasteiger partial charge in [-0.25, -0.2) is 4.98 Å². The molecule has 3 aromatic rings. The maximum Gasteiger partial charge on any atom is 0.272 e. The summed E-state index contributed by atoms with van der Waals surface area (Å²) in [5.74, 6) is -0.144. The van der Waals surface area contributed by atoms with E-state index in [1.165, 1.54) is 0 Å². The number of aromatic nitrogens is 4. The largest absolute Gasteiger partial charge is 0.347 e. The number of piperidine rings is 1. The summed E-state index contributed by atoms with van der Waals surface area (Å²) < 4.78 is 3.93. The minimum absolute atomic E-state index is 0.144. The lowest BCUT2D eigenvalue weighted by Gasteiger charge is -2.22. The van der Waals surface area contributed by atoms with Crippen LogP contribution in [-0.2, 0) is 13.1 Å². The lowest BCUT2D eigenvalue weighted by molar-refractivity contribution is 0.0944. The van der Waals surface area contributed by atoms with Crippen LogP contribution in [-0.4, -0.2) is 38.3 Å². The second kappa shape index (κ2) is 8.18. The van der Waals surface area contributed by atoms with E-state index < -0.39 is 0 Å². The van der Waals surface area contributed by atoms with Gasteiger partial charge < -0.3 is 15.2 Å². The Bertz CT molecular complexity index is 880. The van der Waals surface area contributed by atoms with Crippen LogP contribution in [0.15, 0.2) is 55.2 Å². The van der Waals surface area contributed by atoms with E-state index in [-0.39, 0.29) is 5.91 Å². The first-order valence-electron chi connectivity index (χ1n) is 9.36. The summed E-state index contributed by atoms with van der Waals surface area (Å²) in [4.78, 5) is 16.6. The van der Waals surface area contributed by atoms with E-state index >= 15 is 0 Å². The number of carbonyl (C=O) groups excluding carboxylic acids is 1. The lowest BCUT2D eigenvalue weighted by atomic mass is 10.1. The fourth-order valence-electron chi connectivity index (χ4n) is 3.45. The molecular weight excluding hydrogens is 340 g/mol. The highest BCUT2D eigenvalue weighted by atomic mass is 16.1. The molecule has 3 heterocycles. The van der Waals surface area contributed by atoms with E-state index in [0.29, 0.717) is 18.3 Å². The van der Waals surface area contributed by atoms with Crippen molar-refractivity contribution < 1.29 is 4.79 Å². The van der Waals surface area contributed by atoms with Gasteiger partial charge in [0, 0.05) is 38.2 Å². The summed E-state index contributed by atoms with van der Waals surface area (Å²) in [6.07, 6.45) is 9.63. The lowest BCUT2D eigenvalue weighted by Crippen LogP contribution is -2.32. The van der Waals surface area contributed by atoms with Gasteiger partial charge in [-0.15, -0.1) is 0 Å². The van der Waals surface area contributed by atoms with Crippen LogP contribution in [0.2, 0.25) is 0 Å². The summed E-state index contributed by atoms with van der Waals surface area (Å²) in [6, 6.07) is 10.2. The van der Waals surface area contributed by atoms with Gasteiger partial charge in [0.05, 0.1) is 12.4 Å². The van der Waals surface area contributed by atoms with Gasteiger partial charge in [0.2, 0.25) is 0 Å². The second-order valence-electron chi connectivity index (χ2n) is 6.87. The van der Waals surface area contributed by atoms with Gasteiger partial charge in [-0.1, -0.05) is 24.3 Å². The fraction of sp³-hybridized carbons (Fsp3) is 0.350. The average Bonchev–Trinajstić information content (AvgIpc) is 3.40. The third-order valence-corrected chi connectivity index (χ3v) is 4.96. The zero-order chi connectivity index (χ0) is 18.5. The Kier molecular flexibility index (Phi) is 5.29. The van der Waals surface area contributed by atoms with Gasteiger partial charge in [0.1, 0.15) is 5.69 Å². The molecule has 1 atom stereocenters. The van der Waals surface area contributed by atoms with Crippen molar-refractivity contribution in [2.75, 3.05) is 13.1 Å². The van der Waals surface area contributed by atoms with Crippen LogP contribution < -0.4 is 10.6 Å². The zero-order valence-electron chi connectivity index (χ0n) is 15.2. The third kappa shape index (κ3) is 4.25. The van der Waals surface area contributed by atoms with E-state index in [1.807, 2.05) is 39.8 Å². The minimum Gasteiger partial charge on any atom is -0.347 e. The summed E-state index contributed by atoms with van der Waals surface area (Å²) in [6.45, 7) is 3.17. The van der Waals surface area contributed by atoms with Crippen molar-refractivity contribution >= 4 is 5.91 Å². The third-order valence-electron chi connectivity index (χ3n) is 4.96. The molecule has 7 heteroatoms. The summed E-state index contributed by atoms with van der Waals surface area (Å²) >= 11 is 0. The topological polar surface area (TPSA) is 76.8 Å². The van der Waals surface area contributed by atoms with Crippen molar-refractivity contribution in [3.63, 3.8) is 0 Å². The Morgan fingerprint density at radius 3 is 2.89 bits per heavy atom. The second-order valence-corrected chi connectivity index (χ2v) is 6.87. The molecule has 7 nitrogen and oxygen atoms in total. The Morgan fingerprint density at radius 2 is 2.11 bits per heavy atom. The van der Waals surface area contributed by atoms with Crippen molar-refractivity contribution in [2.45, 2.75) is 32.0 Å². The maximum atomic E-state index is 12.5. The Morgan fingerprint density at radius 1 is 1.22 bits per heavy atom. The summed E-state index contributed by atoms with van der Waals surface area (Å²) in [7, 11) is 0. The number of rotatable bonds is 6. The van der Waals surface area contributed by atoms with Gasteiger partial charge >= 0.3 is 0 Å². The molecule has 0 saturated carbocycles. The maximum absolute atomic E-state index is 12.5. The number of hydrogen-bond donors (Lipinski definition) is 2. The van der Waals surface area contributed by atoms with E-state index in [2.05, 4.69) is 26.8 Å². The predicted octanol–water partition coefficient (Wildman–Crippen LogP) is 1.98. The van der Waals surface area contributed by atoms with Crippen molar-refractivity contribution in [3.8, 4) is 0 Å². The molecule has 2 aromatic heterocycles. The van der Waals surface area contributed by atoms with Crippen molar-refractivity contribution in [3.05, 3.63) is 72.1 Å². The molecule has 0 spiro atoms. The Labute approximate surface area is 158 Å². The van der Waals surface area contributed by atoms with E-state index in [9.17, 15) is 4.79 Å². The normalized spacial score (nSPS) is 17.0. The standard InChI is InChI=1S/C20H24N6O/c27-20(19-7-10-26(24-19)18-6-3-8-21-13-18)23-12-16-4-1-2-5-17(16)14-25-11-9-22-15-25/h1-2,4-5,7,9-11,15,18,21H,3,6,8,12-14H2,(H,23,27). The monoisotopic (exact) mass is 364 g/mol. The molecule has 1 amide bonds. The number of nitrogens with one attached hydrogen (secondary N) is 2. The first-order chi connectivity index (χ1) is 13.3. The van der Waals surface area contributed by atoms with Gasteiger partial charge in [0.15, 0.2) is 0 Å². The predicted molar refractivity (Wildman–Crippen MR) is 102 cm³/mol. The van der Waals surface area contributed by atoms with Crippen molar-refractivity contribution in [1.29, 1.82) is 0 Å². The molecule has 4 rings (SSSR count). The average molecular weight is 364 g/mol. The molecule has 1 unspecified atom stereocenters. The summed E-state index contributed by atoms with van der Waals surface area (Å²) in [5, 5.41) is 10.9. The fourth-order valence-corrected chi connectivity index (χ4v) is 3.45. The van der Waals surface area contributed by atoms with E-state index in [1.54, 1.807) is 18.6 Å². The van der Waals surface area contributed by atoms with Crippen molar-refractivity contribution in [2.24, 2.45) is 0 Å². The highest BCUT2D eigenvalue weighted by Gasteiger charge is 2.17. The molecule has 27 heavy (non-hydrogen) atoms. The van der Waals surface area contributed by atoms with E-state index in [0.717, 1.165) is 43.6 Å². The smallest absolute Gasteiger partial charge is 0.272 e. The molecule has 1 aromatic carbocycles. The number of imidazole rings is 1. The van der Waals surface area contributed by atoms with Gasteiger partial charge in [0.25, 0.3) is 5.91 Å². The van der Waals surface area contributed by atoms with Crippen molar-refractivity contribution in [1.82, 2.24) is 30.0 Å². The first-order valence-corrected chi connectivity index (χ1v) is 9.36. The molecule has 2 N–H and O–H groups in total. The minimum atomic E-state index is -0.144. The van der Waals surface area contributed by atoms with Gasteiger partial charge in [-0.3, -0.25) is 9.48 Å². The van der Waals surface area contributed by atoms with Crippen LogP contribution in [0, 0.1) is 0 Å². The molecule has 140 valence electrons. The molecular formula is C20H24N6O. The molecule has 0 aliphatic carbocycles. The SMILES string of the molecule is O=C(NCc1ccccc1Cn1ccnc1)c1ccn(C2CCCNC2)n1. The van der Waals surface area contributed by atoms with Crippen LogP contribution in [0.25, 0.3) is 0 Å². The highest BCUT2D eigenvalue weighted by Crippen LogP contribution is 2.16. The van der Waals surface area contributed by atoms with Crippen LogP contribution >= 0.6 is 0 Å². The number of amides is 1. The molecule has 1 aliphatic rings. The number of benzene rings is 1. The molecule has 0 radical (unpaired) electrons. The molecule has 1 fully saturated rings. The van der Waals surface area contributed by atoms with Crippen LogP contribution in [0.4, 0.5) is 0 Å². The van der Waals surface area contributed by atoms with Crippen LogP contribution in [0.5, 0.6) is 0 Å². The number of hydrogen-bond acceptors (Lipinski definition) is 4. The van der Waals surface area contributed by atoms with Crippen LogP contribution in [0.1, 0.15) is 40.5 Å². The first kappa shape index (κ1) is 17.5. The zero-order valence-corrected chi connectivity index (χ0v) is 15.2.